The number of rotatable bonds is 5. The Morgan fingerprint density at radius 2 is 1.52 bits per heavy atom. The quantitative estimate of drug-likeness (QED) is 0.779. The second kappa shape index (κ2) is 6.60. The second-order valence-electron chi connectivity index (χ2n) is 4.75. The van der Waals surface area contributed by atoms with E-state index in [9.17, 15) is 16.8 Å². The van der Waals surface area contributed by atoms with Crippen LogP contribution in [0.4, 0.5) is 5.69 Å². The standard InChI is InChI=1S/C14H15BrN2O4S2/c1-10-8-11(6-7-14(10)15)17-23(20,21)13-5-3-4-12(9-13)22(18,19)16-2/h3-9,16-17H,1-2H3. The van der Waals surface area contributed by atoms with Crippen LogP contribution in [0.3, 0.4) is 0 Å². The van der Waals surface area contributed by atoms with Gasteiger partial charge in [-0.1, -0.05) is 22.0 Å². The minimum atomic E-state index is -3.89. The first kappa shape index (κ1) is 17.9. The summed E-state index contributed by atoms with van der Waals surface area (Å²) < 4.78 is 53.9. The molecule has 0 bridgehead atoms. The summed E-state index contributed by atoms with van der Waals surface area (Å²) in [6, 6.07) is 10.2. The highest BCUT2D eigenvalue weighted by atomic mass is 79.9. The van der Waals surface area contributed by atoms with Crippen LogP contribution in [-0.4, -0.2) is 23.9 Å². The van der Waals surface area contributed by atoms with Crippen molar-refractivity contribution in [1.82, 2.24) is 4.72 Å². The molecule has 2 rings (SSSR count). The largest absolute Gasteiger partial charge is 0.280 e. The Labute approximate surface area is 144 Å². The molecule has 23 heavy (non-hydrogen) atoms. The molecule has 9 heteroatoms. The van der Waals surface area contributed by atoms with Gasteiger partial charge in [-0.2, -0.15) is 0 Å². The summed E-state index contributed by atoms with van der Waals surface area (Å²) in [6.07, 6.45) is 0. The fourth-order valence-corrected chi connectivity index (χ4v) is 4.04. The van der Waals surface area contributed by atoms with E-state index in [1.54, 1.807) is 18.2 Å². The third kappa shape index (κ3) is 4.11. The van der Waals surface area contributed by atoms with Crippen LogP contribution in [-0.2, 0) is 20.0 Å². The predicted octanol–water partition coefficient (Wildman–Crippen LogP) is 2.47. The molecular weight excluding hydrogens is 404 g/mol. The van der Waals surface area contributed by atoms with Crippen molar-refractivity contribution in [3.8, 4) is 0 Å². The van der Waals surface area contributed by atoms with Crippen LogP contribution in [0, 0.1) is 6.92 Å². The lowest BCUT2D eigenvalue weighted by Gasteiger charge is -2.10. The number of hydrogen-bond acceptors (Lipinski definition) is 4. The van der Waals surface area contributed by atoms with Crippen molar-refractivity contribution in [3.05, 3.63) is 52.5 Å². The third-order valence-corrected chi connectivity index (χ3v) is 6.79. The lowest BCUT2D eigenvalue weighted by Crippen LogP contribution is -2.19. The van der Waals surface area contributed by atoms with Crippen LogP contribution in [0.5, 0.6) is 0 Å². The van der Waals surface area contributed by atoms with Crippen LogP contribution < -0.4 is 9.44 Å². The molecular formula is C14H15BrN2O4S2. The molecule has 0 aliphatic carbocycles. The van der Waals surface area contributed by atoms with Gasteiger partial charge < -0.3 is 0 Å². The molecule has 124 valence electrons. The Hall–Kier alpha value is -1.42. The van der Waals surface area contributed by atoms with Crippen LogP contribution in [0.2, 0.25) is 0 Å². The smallest absolute Gasteiger partial charge is 0.261 e. The maximum absolute atomic E-state index is 12.4. The maximum Gasteiger partial charge on any atom is 0.261 e. The van der Waals surface area contributed by atoms with Gasteiger partial charge in [0, 0.05) is 10.2 Å². The third-order valence-electron chi connectivity index (χ3n) is 3.10. The molecule has 2 aromatic carbocycles. The topological polar surface area (TPSA) is 92.3 Å². The first-order valence-corrected chi connectivity index (χ1v) is 10.2. The van der Waals surface area contributed by atoms with Crippen molar-refractivity contribution in [2.75, 3.05) is 11.8 Å². The van der Waals surface area contributed by atoms with E-state index in [0.717, 1.165) is 16.1 Å². The molecule has 0 unspecified atom stereocenters. The molecule has 2 aromatic rings. The Morgan fingerprint density at radius 1 is 0.913 bits per heavy atom. The number of sulfonamides is 2. The summed E-state index contributed by atoms with van der Waals surface area (Å²) in [7, 11) is -6.34. The minimum Gasteiger partial charge on any atom is -0.280 e. The molecule has 6 nitrogen and oxygen atoms in total. The summed E-state index contributed by atoms with van der Waals surface area (Å²) in [6.45, 7) is 1.84. The average molecular weight is 419 g/mol. The molecule has 0 saturated carbocycles. The van der Waals surface area contributed by atoms with E-state index in [-0.39, 0.29) is 9.79 Å². The molecule has 0 aromatic heterocycles. The predicted molar refractivity (Wildman–Crippen MR) is 92.4 cm³/mol. The van der Waals surface area contributed by atoms with Crippen molar-refractivity contribution in [2.24, 2.45) is 0 Å². The molecule has 0 atom stereocenters. The van der Waals surface area contributed by atoms with E-state index in [4.69, 9.17) is 0 Å². The minimum absolute atomic E-state index is 0.116. The number of aryl methyl sites for hydroxylation is 1. The van der Waals surface area contributed by atoms with Gasteiger partial charge in [-0.3, -0.25) is 4.72 Å². The van der Waals surface area contributed by atoms with Crippen LogP contribution in [0.1, 0.15) is 5.56 Å². The van der Waals surface area contributed by atoms with Crippen LogP contribution in [0.25, 0.3) is 0 Å². The summed E-state index contributed by atoms with van der Waals surface area (Å²) >= 11 is 3.34. The fourth-order valence-electron chi connectivity index (χ4n) is 1.85. The molecule has 0 aliphatic heterocycles. The van der Waals surface area contributed by atoms with Crippen molar-refractivity contribution < 1.29 is 16.8 Å². The molecule has 0 fully saturated rings. The van der Waals surface area contributed by atoms with Gasteiger partial charge >= 0.3 is 0 Å². The van der Waals surface area contributed by atoms with E-state index in [1.165, 1.54) is 25.2 Å². The lowest BCUT2D eigenvalue weighted by molar-refractivity contribution is 0.588. The first-order valence-electron chi connectivity index (χ1n) is 6.48. The van der Waals surface area contributed by atoms with Crippen molar-refractivity contribution >= 4 is 41.7 Å². The zero-order valence-corrected chi connectivity index (χ0v) is 15.6. The second-order valence-corrected chi connectivity index (χ2v) is 9.18. The van der Waals surface area contributed by atoms with Gasteiger partial charge in [-0.05, 0) is 55.9 Å². The van der Waals surface area contributed by atoms with Crippen molar-refractivity contribution in [1.29, 1.82) is 0 Å². The van der Waals surface area contributed by atoms with Gasteiger partial charge in [-0.25, -0.2) is 21.6 Å². The van der Waals surface area contributed by atoms with E-state index >= 15 is 0 Å². The van der Waals surface area contributed by atoms with Gasteiger partial charge in [-0.15, -0.1) is 0 Å². The summed E-state index contributed by atoms with van der Waals surface area (Å²) in [5.74, 6) is 0. The molecule has 0 saturated heterocycles. The zero-order chi connectivity index (χ0) is 17.3. The number of nitrogens with one attached hydrogen (secondary N) is 2. The fraction of sp³-hybridized carbons (Fsp3) is 0.143. The Kier molecular flexibility index (Phi) is 5.14. The average Bonchev–Trinajstić information content (AvgIpc) is 2.51. The summed E-state index contributed by atoms with van der Waals surface area (Å²) in [5, 5.41) is 0. The number of anilines is 1. The summed E-state index contributed by atoms with van der Waals surface area (Å²) in [5.41, 5.74) is 1.27. The SMILES string of the molecule is CNS(=O)(=O)c1cccc(S(=O)(=O)Nc2ccc(Br)c(C)c2)c1. The van der Waals surface area contributed by atoms with Gasteiger partial charge in [0.05, 0.1) is 9.79 Å². The molecule has 0 spiro atoms. The number of halogens is 1. The number of hydrogen-bond donors (Lipinski definition) is 2. The van der Waals surface area contributed by atoms with Crippen LogP contribution >= 0.6 is 15.9 Å². The highest BCUT2D eigenvalue weighted by molar-refractivity contribution is 9.10. The van der Waals surface area contributed by atoms with Crippen molar-refractivity contribution in [3.63, 3.8) is 0 Å². The highest BCUT2D eigenvalue weighted by Gasteiger charge is 2.18. The molecule has 0 heterocycles. The monoisotopic (exact) mass is 418 g/mol. The zero-order valence-electron chi connectivity index (χ0n) is 12.4. The van der Waals surface area contributed by atoms with Gasteiger partial charge in [0.2, 0.25) is 10.0 Å². The van der Waals surface area contributed by atoms with E-state index in [0.29, 0.717) is 5.69 Å². The first-order chi connectivity index (χ1) is 10.7. The van der Waals surface area contributed by atoms with Crippen molar-refractivity contribution in [2.45, 2.75) is 16.7 Å². The Balaban J connectivity index is 2.40. The molecule has 0 aliphatic rings. The lowest BCUT2D eigenvalue weighted by atomic mass is 10.2. The van der Waals surface area contributed by atoms with Gasteiger partial charge in [0.25, 0.3) is 10.0 Å². The number of benzene rings is 2. The van der Waals surface area contributed by atoms with Gasteiger partial charge in [0.1, 0.15) is 0 Å². The normalized spacial score (nSPS) is 12.1. The molecule has 0 radical (unpaired) electrons. The Bertz CT molecular complexity index is 941. The molecule has 0 amide bonds. The Morgan fingerprint density at radius 3 is 2.09 bits per heavy atom. The van der Waals surface area contributed by atoms with E-state index in [2.05, 4.69) is 25.4 Å². The van der Waals surface area contributed by atoms with E-state index < -0.39 is 20.0 Å². The van der Waals surface area contributed by atoms with E-state index in [1.807, 2.05) is 6.92 Å². The summed E-state index contributed by atoms with van der Waals surface area (Å²) in [4.78, 5) is -0.246. The maximum atomic E-state index is 12.4. The molecule has 2 N–H and O–H groups in total. The van der Waals surface area contributed by atoms with Crippen LogP contribution in [0.15, 0.2) is 56.7 Å². The highest BCUT2D eigenvalue weighted by Crippen LogP contribution is 2.23. The van der Waals surface area contributed by atoms with Gasteiger partial charge in [0.15, 0.2) is 0 Å².